The van der Waals surface area contributed by atoms with Crippen LogP contribution >= 0.6 is 0 Å². The van der Waals surface area contributed by atoms with Gasteiger partial charge < -0.3 is 24.5 Å². The fourth-order valence-electron chi connectivity index (χ4n) is 3.00. The lowest BCUT2D eigenvalue weighted by Gasteiger charge is -2.12. The van der Waals surface area contributed by atoms with Crippen molar-refractivity contribution in [2.24, 2.45) is 4.99 Å². The summed E-state index contributed by atoms with van der Waals surface area (Å²) in [5, 5.41) is 21.3. The van der Waals surface area contributed by atoms with E-state index in [1.54, 1.807) is 18.2 Å². The number of carbonyl (C=O) groups excluding carboxylic acids is 1. The monoisotopic (exact) mass is 438 g/mol. The summed E-state index contributed by atoms with van der Waals surface area (Å²) in [6, 6.07) is 10.7. The lowest BCUT2D eigenvalue weighted by Crippen LogP contribution is -2.32. The number of nitrogens with zero attached hydrogens (tertiary/aromatic N) is 2. The molecule has 0 fully saturated rings. The minimum atomic E-state index is -1.32. The Morgan fingerprint density at radius 1 is 1.12 bits per heavy atom. The number of H-pyrrole nitrogens is 1. The van der Waals surface area contributed by atoms with Crippen LogP contribution in [0.25, 0.3) is 0 Å². The van der Waals surface area contributed by atoms with Crippen molar-refractivity contribution >= 4 is 17.9 Å². The van der Waals surface area contributed by atoms with Crippen LogP contribution in [0.2, 0.25) is 0 Å². The molecule has 0 atom stereocenters. The normalized spacial score (nSPS) is 10.9. The molecule has 3 rings (SSSR count). The molecule has 2 aromatic carbocycles. The van der Waals surface area contributed by atoms with E-state index in [9.17, 15) is 24.6 Å². The van der Waals surface area contributed by atoms with Gasteiger partial charge in [0.25, 0.3) is 5.56 Å². The number of aromatic hydroxyl groups is 1. The minimum absolute atomic E-state index is 0.0200. The van der Waals surface area contributed by atoms with Gasteiger partial charge in [0.05, 0.1) is 25.9 Å². The summed E-state index contributed by atoms with van der Waals surface area (Å²) in [6.45, 7) is 0.0814. The number of hydrogen-bond donors (Lipinski definition) is 2. The number of carboxylic acids is 1. The number of rotatable bonds is 8. The summed E-state index contributed by atoms with van der Waals surface area (Å²) in [4.78, 5) is 41.4. The molecule has 2 N–H and O–H groups in total. The molecule has 0 amide bonds. The number of hydrogen-bond acceptors (Lipinski definition) is 8. The summed E-state index contributed by atoms with van der Waals surface area (Å²) in [6.07, 6.45) is 1.47. The number of benzene rings is 2. The number of methoxy groups -OCH3 is 2. The Morgan fingerprint density at radius 2 is 1.81 bits per heavy atom. The van der Waals surface area contributed by atoms with E-state index in [4.69, 9.17) is 9.47 Å². The van der Waals surface area contributed by atoms with E-state index in [-0.39, 0.29) is 17.7 Å². The van der Waals surface area contributed by atoms with Crippen LogP contribution in [0.1, 0.15) is 21.5 Å². The summed E-state index contributed by atoms with van der Waals surface area (Å²) >= 11 is 0. The van der Waals surface area contributed by atoms with Crippen molar-refractivity contribution in [1.82, 2.24) is 9.55 Å². The molecule has 10 heteroatoms. The van der Waals surface area contributed by atoms with E-state index in [1.165, 1.54) is 38.5 Å². The number of ether oxygens (including phenoxy) is 2. The highest BCUT2D eigenvalue weighted by Crippen LogP contribution is 2.28. The zero-order valence-electron chi connectivity index (χ0n) is 17.3. The van der Waals surface area contributed by atoms with Crippen LogP contribution in [0, 0.1) is 0 Å². The Morgan fingerprint density at radius 3 is 2.44 bits per heavy atom. The zero-order chi connectivity index (χ0) is 23.3. The molecule has 32 heavy (non-hydrogen) atoms. The van der Waals surface area contributed by atoms with E-state index >= 15 is 0 Å². The molecule has 3 aromatic rings. The number of nitrogens with one attached hydrogen (secondary N) is 1. The minimum Gasteiger partial charge on any atom is -0.545 e. The van der Waals surface area contributed by atoms with Crippen molar-refractivity contribution in [3.63, 3.8) is 0 Å². The molecular weight excluding hydrogens is 418 g/mol. The number of aryl methyl sites for hydroxylation is 1. The maximum atomic E-state index is 12.2. The lowest BCUT2D eigenvalue weighted by atomic mass is 10.1. The second-order valence-corrected chi connectivity index (χ2v) is 6.68. The van der Waals surface area contributed by atoms with Gasteiger partial charge in [0, 0.05) is 12.8 Å². The van der Waals surface area contributed by atoms with Gasteiger partial charge in [-0.15, -0.1) is 0 Å². The van der Waals surface area contributed by atoms with Gasteiger partial charge in [0.15, 0.2) is 11.5 Å². The van der Waals surface area contributed by atoms with Crippen LogP contribution in [-0.4, -0.2) is 41.1 Å². The van der Waals surface area contributed by atoms with Crippen molar-refractivity contribution in [2.45, 2.75) is 13.0 Å². The molecule has 0 bridgehead atoms. The Kier molecular flexibility index (Phi) is 6.74. The van der Waals surface area contributed by atoms with Crippen LogP contribution in [-0.2, 0) is 13.0 Å². The van der Waals surface area contributed by atoms with Gasteiger partial charge in [0.2, 0.25) is 5.88 Å². The Hall–Kier alpha value is -4.34. The second-order valence-electron chi connectivity index (χ2n) is 6.68. The molecule has 0 saturated carbocycles. The highest BCUT2D eigenvalue weighted by atomic mass is 16.5. The number of carboxylic acid groups (broad SMARTS) is 1. The van der Waals surface area contributed by atoms with E-state index in [0.717, 1.165) is 16.3 Å². The molecule has 1 aromatic heterocycles. The molecule has 0 aliphatic rings. The Bertz CT molecular complexity index is 1270. The van der Waals surface area contributed by atoms with Gasteiger partial charge in [-0.2, -0.15) is 0 Å². The Balaban J connectivity index is 1.85. The van der Waals surface area contributed by atoms with E-state index < -0.39 is 23.1 Å². The van der Waals surface area contributed by atoms with Crippen LogP contribution in [0.3, 0.4) is 0 Å². The van der Waals surface area contributed by atoms with Crippen LogP contribution in [0.15, 0.2) is 57.0 Å². The molecule has 0 spiro atoms. The van der Waals surface area contributed by atoms with Gasteiger partial charge in [-0.25, -0.2) is 4.79 Å². The van der Waals surface area contributed by atoms with Crippen molar-refractivity contribution in [2.75, 3.05) is 14.2 Å². The van der Waals surface area contributed by atoms with E-state index in [0.29, 0.717) is 23.6 Å². The van der Waals surface area contributed by atoms with E-state index in [1.807, 2.05) is 0 Å². The first-order chi connectivity index (χ1) is 15.3. The highest BCUT2D eigenvalue weighted by Gasteiger charge is 2.13. The standard InChI is InChI=1S/C22H21N3O7/c1-31-17-8-3-13(11-18(17)32-2)9-10-25-20(27)16(19(26)24-22(25)30)12-23-15-6-4-14(5-7-15)21(28)29/h3-8,11-12,27H,9-10H2,1-2H3,(H,28,29)(H,24,26,30)/p-1. The first kappa shape index (κ1) is 22.3. The van der Waals surface area contributed by atoms with Gasteiger partial charge in [-0.3, -0.25) is 19.3 Å². The third-order valence-electron chi connectivity index (χ3n) is 4.72. The fourth-order valence-corrected chi connectivity index (χ4v) is 3.00. The zero-order valence-corrected chi connectivity index (χ0v) is 17.3. The topological polar surface area (TPSA) is 146 Å². The quantitative estimate of drug-likeness (QED) is 0.490. The third kappa shape index (κ3) is 4.86. The summed E-state index contributed by atoms with van der Waals surface area (Å²) in [7, 11) is 3.04. The summed E-state index contributed by atoms with van der Waals surface area (Å²) < 4.78 is 11.5. The average Bonchev–Trinajstić information content (AvgIpc) is 2.78. The van der Waals surface area contributed by atoms with Crippen molar-refractivity contribution in [3.05, 3.63) is 80.0 Å². The van der Waals surface area contributed by atoms with Crippen LogP contribution in [0.4, 0.5) is 5.69 Å². The number of aliphatic imine (C=N–C) groups is 1. The highest BCUT2D eigenvalue weighted by molar-refractivity contribution is 5.87. The third-order valence-corrected chi connectivity index (χ3v) is 4.72. The first-order valence-corrected chi connectivity index (χ1v) is 9.46. The Labute approximate surface area is 182 Å². The molecule has 0 aliphatic heterocycles. The molecule has 10 nitrogen and oxygen atoms in total. The molecular formula is C22H20N3O7-. The molecule has 0 radical (unpaired) electrons. The SMILES string of the molecule is COc1ccc(CCn2c(O)c(C=Nc3ccc(C(=O)[O-])cc3)c(=O)[nH]c2=O)cc1OC. The molecule has 1 heterocycles. The molecule has 166 valence electrons. The van der Waals surface area contributed by atoms with Crippen molar-refractivity contribution in [1.29, 1.82) is 0 Å². The number of aromatic amines is 1. The predicted octanol–water partition coefficient (Wildman–Crippen LogP) is 0.616. The maximum Gasteiger partial charge on any atom is 0.331 e. The first-order valence-electron chi connectivity index (χ1n) is 9.46. The summed E-state index contributed by atoms with van der Waals surface area (Å²) in [5.41, 5.74) is -0.622. The van der Waals surface area contributed by atoms with Gasteiger partial charge in [-0.05, 0) is 41.8 Å². The smallest absolute Gasteiger partial charge is 0.331 e. The largest absolute Gasteiger partial charge is 0.545 e. The van der Waals surface area contributed by atoms with Crippen molar-refractivity contribution < 1.29 is 24.5 Å². The number of aromatic nitrogens is 2. The predicted molar refractivity (Wildman–Crippen MR) is 114 cm³/mol. The molecule has 0 aliphatic carbocycles. The van der Waals surface area contributed by atoms with Gasteiger partial charge in [-0.1, -0.05) is 18.2 Å². The van der Waals surface area contributed by atoms with Crippen LogP contribution < -0.4 is 25.8 Å². The van der Waals surface area contributed by atoms with Crippen molar-refractivity contribution in [3.8, 4) is 17.4 Å². The maximum absolute atomic E-state index is 12.2. The molecule has 0 unspecified atom stereocenters. The number of aromatic carboxylic acids is 1. The average molecular weight is 438 g/mol. The second kappa shape index (κ2) is 9.65. The van der Waals surface area contributed by atoms with Gasteiger partial charge >= 0.3 is 5.69 Å². The number of carbonyl (C=O) groups is 1. The molecule has 0 saturated heterocycles. The summed E-state index contributed by atoms with van der Waals surface area (Å²) in [5.74, 6) is -0.766. The van der Waals surface area contributed by atoms with E-state index in [2.05, 4.69) is 9.98 Å². The van der Waals surface area contributed by atoms with Crippen LogP contribution in [0.5, 0.6) is 17.4 Å². The lowest BCUT2D eigenvalue weighted by molar-refractivity contribution is -0.255. The van der Waals surface area contributed by atoms with Gasteiger partial charge in [0.1, 0.15) is 5.56 Å². The fraction of sp³-hybridized carbons (Fsp3) is 0.182.